The molecule has 1 heterocycles. The molecule has 1 rings (SSSR count). The van der Waals surface area contributed by atoms with Crippen molar-refractivity contribution in [1.82, 2.24) is 9.97 Å². The Kier molecular flexibility index (Phi) is 4.97. The zero-order chi connectivity index (χ0) is 14.6. The fourth-order valence-corrected chi connectivity index (χ4v) is 1.77. The average molecular weight is 276 g/mol. The third-order valence-corrected chi connectivity index (χ3v) is 2.88. The number of aromatic nitrogens is 2. The van der Waals surface area contributed by atoms with Crippen LogP contribution in [0, 0.1) is 5.92 Å². The maximum absolute atomic E-state index is 12.6. The van der Waals surface area contributed by atoms with Gasteiger partial charge in [0.2, 0.25) is 5.95 Å². The number of nitrogens with one attached hydrogen (secondary N) is 1. The van der Waals surface area contributed by atoms with Crippen molar-refractivity contribution in [3.63, 3.8) is 0 Å². The first-order valence-corrected chi connectivity index (χ1v) is 6.20. The van der Waals surface area contributed by atoms with Crippen LogP contribution in [0.3, 0.4) is 0 Å². The summed E-state index contributed by atoms with van der Waals surface area (Å²) in [6.45, 7) is 6.06. The fraction of sp³-hybridized carbons (Fsp3) is 0.667. The Morgan fingerprint density at radius 2 is 1.95 bits per heavy atom. The van der Waals surface area contributed by atoms with E-state index in [0.29, 0.717) is 5.92 Å². The maximum atomic E-state index is 12.6. The third kappa shape index (κ3) is 4.92. The van der Waals surface area contributed by atoms with Crippen LogP contribution in [0.4, 0.5) is 24.9 Å². The summed E-state index contributed by atoms with van der Waals surface area (Å²) < 4.78 is 37.7. The van der Waals surface area contributed by atoms with Crippen LogP contribution in [0.15, 0.2) is 6.07 Å². The topological polar surface area (TPSA) is 63.8 Å². The van der Waals surface area contributed by atoms with Gasteiger partial charge in [-0.15, -0.1) is 0 Å². The highest BCUT2D eigenvalue weighted by Gasteiger charge is 2.33. The molecule has 0 radical (unpaired) electrons. The number of anilines is 2. The summed E-state index contributed by atoms with van der Waals surface area (Å²) in [6, 6.07) is 0.897. The van der Waals surface area contributed by atoms with Gasteiger partial charge >= 0.3 is 6.18 Å². The smallest absolute Gasteiger partial charge is 0.368 e. The molecule has 0 aliphatic rings. The van der Waals surface area contributed by atoms with Crippen molar-refractivity contribution in [3.8, 4) is 0 Å². The first-order valence-electron chi connectivity index (χ1n) is 6.20. The van der Waals surface area contributed by atoms with Crippen LogP contribution in [0.1, 0.15) is 39.3 Å². The van der Waals surface area contributed by atoms with E-state index in [0.717, 1.165) is 18.9 Å². The van der Waals surface area contributed by atoms with E-state index in [-0.39, 0.29) is 17.8 Å². The highest BCUT2D eigenvalue weighted by molar-refractivity contribution is 5.41. The minimum absolute atomic E-state index is 0.0188. The Morgan fingerprint density at radius 3 is 2.47 bits per heavy atom. The number of nitrogen functional groups attached to an aromatic ring is 1. The second-order valence-electron chi connectivity index (χ2n) is 4.79. The predicted molar refractivity (Wildman–Crippen MR) is 68.6 cm³/mol. The van der Waals surface area contributed by atoms with E-state index >= 15 is 0 Å². The van der Waals surface area contributed by atoms with E-state index in [1.54, 1.807) is 0 Å². The van der Waals surface area contributed by atoms with Gasteiger partial charge in [-0.2, -0.15) is 18.2 Å². The van der Waals surface area contributed by atoms with E-state index < -0.39 is 11.9 Å². The lowest BCUT2D eigenvalue weighted by Gasteiger charge is -2.18. The molecule has 3 N–H and O–H groups in total. The molecule has 1 aromatic heterocycles. The van der Waals surface area contributed by atoms with E-state index in [1.165, 1.54) is 0 Å². The standard InChI is InChI=1S/C12H19F3N4/c1-4-7(2)5-8(3)17-10-6-9(12(13,14)15)18-11(16)19-10/h6-8H,4-5H2,1-3H3,(H3,16,17,18,19). The zero-order valence-corrected chi connectivity index (χ0v) is 11.3. The van der Waals surface area contributed by atoms with Crippen LogP contribution in [-0.2, 0) is 6.18 Å². The summed E-state index contributed by atoms with van der Waals surface area (Å²) in [7, 11) is 0. The second kappa shape index (κ2) is 6.08. The lowest BCUT2D eigenvalue weighted by Crippen LogP contribution is -2.20. The van der Waals surface area contributed by atoms with Gasteiger partial charge in [0.05, 0.1) is 0 Å². The quantitative estimate of drug-likeness (QED) is 0.866. The van der Waals surface area contributed by atoms with Crippen molar-refractivity contribution in [1.29, 1.82) is 0 Å². The fourth-order valence-electron chi connectivity index (χ4n) is 1.77. The lowest BCUT2D eigenvalue weighted by molar-refractivity contribution is -0.141. The average Bonchev–Trinajstić information content (AvgIpc) is 2.26. The van der Waals surface area contributed by atoms with E-state index in [1.807, 2.05) is 6.92 Å². The summed E-state index contributed by atoms with van der Waals surface area (Å²) in [5.41, 5.74) is 4.27. The molecule has 0 saturated heterocycles. The molecule has 19 heavy (non-hydrogen) atoms. The molecule has 0 bridgehead atoms. The SMILES string of the molecule is CCC(C)CC(C)Nc1cc(C(F)(F)F)nc(N)n1. The molecule has 0 saturated carbocycles. The Morgan fingerprint density at radius 1 is 1.32 bits per heavy atom. The van der Waals surface area contributed by atoms with Gasteiger partial charge in [-0.3, -0.25) is 0 Å². The third-order valence-electron chi connectivity index (χ3n) is 2.88. The summed E-state index contributed by atoms with van der Waals surface area (Å²) in [5.74, 6) is 0.215. The largest absolute Gasteiger partial charge is 0.433 e. The van der Waals surface area contributed by atoms with Crippen LogP contribution < -0.4 is 11.1 Å². The molecule has 0 amide bonds. The van der Waals surface area contributed by atoms with Gasteiger partial charge in [0.25, 0.3) is 0 Å². The molecule has 0 aliphatic heterocycles. The number of rotatable bonds is 5. The molecule has 1 aromatic rings. The summed E-state index contributed by atoms with van der Waals surface area (Å²) in [5, 5.41) is 2.93. The minimum Gasteiger partial charge on any atom is -0.368 e. The summed E-state index contributed by atoms with van der Waals surface area (Å²) >= 11 is 0. The minimum atomic E-state index is -4.52. The molecule has 7 heteroatoms. The van der Waals surface area contributed by atoms with Crippen LogP contribution >= 0.6 is 0 Å². The van der Waals surface area contributed by atoms with E-state index in [4.69, 9.17) is 5.73 Å². The Hall–Kier alpha value is -1.53. The van der Waals surface area contributed by atoms with Gasteiger partial charge in [-0.25, -0.2) is 4.98 Å². The first-order chi connectivity index (χ1) is 8.72. The van der Waals surface area contributed by atoms with Crippen molar-refractivity contribution >= 4 is 11.8 Å². The molecular weight excluding hydrogens is 257 g/mol. The molecule has 0 aliphatic carbocycles. The van der Waals surface area contributed by atoms with Crippen molar-refractivity contribution in [2.75, 3.05) is 11.1 Å². The van der Waals surface area contributed by atoms with Crippen LogP contribution in [0.2, 0.25) is 0 Å². The number of alkyl halides is 3. The monoisotopic (exact) mass is 276 g/mol. The van der Waals surface area contributed by atoms with Crippen molar-refractivity contribution in [3.05, 3.63) is 11.8 Å². The van der Waals surface area contributed by atoms with E-state index in [9.17, 15) is 13.2 Å². The molecule has 108 valence electrons. The van der Waals surface area contributed by atoms with Crippen molar-refractivity contribution in [2.24, 2.45) is 5.92 Å². The summed E-state index contributed by atoms with van der Waals surface area (Å²) in [4.78, 5) is 6.97. The van der Waals surface area contributed by atoms with Gasteiger partial charge in [0.1, 0.15) is 5.82 Å². The van der Waals surface area contributed by atoms with Gasteiger partial charge in [0, 0.05) is 12.1 Å². The second-order valence-corrected chi connectivity index (χ2v) is 4.79. The zero-order valence-electron chi connectivity index (χ0n) is 11.3. The molecule has 2 unspecified atom stereocenters. The first kappa shape index (κ1) is 15.5. The number of halogens is 3. The number of hydrogen-bond donors (Lipinski definition) is 2. The Bertz CT molecular complexity index is 420. The van der Waals surface area contributed by atoms with Crippen LogP contribution in [0.5, 0.6) is 0 Å². The molecule has 4 nitrogen and oxygen atoms in total. The maximum Gasteiger partial charge on any atom is 0.433 e. The number of hydrogen-bond acceptors (Lipinski definition) is 4. The van der Waals surface area contributed by atoms with Gasteiger partial charge < -0.3 is 11.1 Å². The molecule has 2 atom stereocenters. The summed E-state index contributed by atoms with van der Waals surface area (Å²) in [6.07, 6.45) is -2.65. The van der Waals surface area contributed by atoms with Gasteiger partial charge in [0.15, 0.2) is 5.69 Å². The predicted octanol–water partition coefficient (Wildman–Crippen LogP) is 3.31. The van der Waals surface area contributed by atoms with Crippen LogP contribution in [-0.4, -0.2) is 16.0 Å². The highest BCUT2D eigenvalue weighted by Crippen LogP contribution is 2.29. The molecule has 0 fully saturated rings. The number of nitrogens with two attached hydrogens (primary N) is 1. The lowest BCUT2D eigenvalue weighted by atomic mass is 10.0. The highest BCUT2D eigenvalue weighted by atomic mass is 19.4. The molecule has 0 spiro atoms. The molecular formula is C12H19F3N4. The van der Waals surface area contributed by atoms with Gasteiger partial charge in [-0.1, -0.05) is 20.3 Å². The van der Waals surface area contributed by atoms with E-state index in [2.05, 4.69) is 29.1 Å². The van der Waals surface area contributed by atoms with Crippen molar-refractivity contribution < 1.29 is 13.2 Å². The van der Waals surface area contributed by atoms with Crippen LogP contribution in [0.25, 0.3) is 0 Å². The normalized spacial score (nSPS) is 15.1. The van der Waals surface area contributed by atoms with Crippen molar-refractivity contribution in [2.45, 2.75) is 45.8 Å². The molecule has 0 aromatic carbocycles. The Balaban J connectivity index is 2.81. The number of nitrogens with zero attached hydrogens (tertiary/aromatic N) is 2. The van der Waals surface area contributed by atoms with Gasteiger partial charge in [-0.05, 0) is 19.3 Å². The Labute approximate surface area is 110 Å².